The van der Waals surface area contributed by atoms with Gasteiger partial charge in [-0.05, 0) is 32.0 Å². The van der Waals surface area contributed by atoms with Gasteiger partial charge in [0, 0.05) is 24.3 Å². The van der Waals surface area contributed by atoms with Crippen LogP contribution in [-0.2, 0) is 6.54 Å². The lowest BCUT2D eigenvalue weighted by Crippen LogP contribution is -2.39. The quantitative estimate of drug-likeness (QED) is 0.674. The molecule has 0 aliphatic carbocycles. The fourth-order valence-corrected chi connectivity index (χ4v) is 1.88. The molecule has 0 unspecified atom stereocenters. The highest BCUT2D eigenvalue weighted by Crippen LogP contribution is 2.08. The number of rotatable bonds is 3. The third kappa shape index (κ3) is 2.91. The fraction of sp³-hybridized carbons (Fsp3) is 0.545. The molecule has 0 radical (unpaired) electrons. The molecule has 1 aliphatic heterocycles. The summed E-state index contributed by atoms with van der Waals surface area (Å²) >= 11 is 0. The average Bonchev–Trinajstić information content (AvgIpc) is 2.29. The van der Waals surface area contributed by atoms with Crippen LogP contribution in [0.1, 0.15) is 18.4 Å². The molecule has 0 atom stereocenters. The third-order valence-electron chi connectivity index (χ3n) is 2.85. The molecule has 1 fully saturated rings. The van der Waals surface area contributed by atoms with Gasteiger partial charge in [-0.25, -0.2) is 4.98 Å². The van der Waals surface area contributed by atoms with Crippen LogP contribution in [0.2, 0.25) is 0 Å². The summed E-state index contributed by atoms with van der Waals surface area (Å²) in [5, 5.41) is 6.87. The summed E-state index contributed by atoms with van der Waals surface area (Å²) in [6.07, 6.45) is 4.11. The molecular weight excluding hydrogens is 188 g/mol. The Hall–Kier alpha value is -1.13. The number of anilines is 1. The van der Waals surface area contributed by atoms with E-state index in [1.54, 1.807) is 6.20 Å². The molecule has 2 heterocycles. The Morgan fingerprint density at radius 3 is 3.00 bits per heavy atom. The predicted molar refractivity (Wildman–Crippen MR) is 61.4 cm³/mol. The molecular formula is C11H18N4. The van der Waals surface area contributed by atoms with Crippen molar-refractivity contribution in [2.24, 2.45) is 0 Å². The maximum absolute atomic E-state index is 5.77. The van der Waals surface area contributed by atoms with Crippen LogP contribution >= 0.6 is 0 Å². The van der Waals surface area contributed by atoms with E-state index in [-0.39, 0.29) is 0 Å². The normalized spacial score (nSPS) is 17.9. The van der Waals surface area contributed by atoms with Crippen LogP contribution in [0.15, 0.2) is 18.3 Å². The van der Waals surface area contributed by atoms with Gasteiger partial charge in [-0.2, -0.15) is 0 Å². The summed E-state index contributed by atoms with van der Waals surface area (Å²) in [4.78, 5) is 4.07. The molecule has 15 heavy (non-hydrogen) atoms. The van der Waals surface area contributed by atoms with E-state index < -0.39 is 0 Å². The minimum atomic E-state index is 0.617. The van der Waals surface area contributed by atoms with Crippen molar-refractivity contribution in [2.45, 2.75) is 25.4 Å². The molecule has 1 aromatic rings. The van der Waals surface area contributed by atoms with Gasteiger partial charge in [0.15, 0.2) is 0 Å². The lowest BCUT2D eigenvalue weighted by Gasteiger charge is -2.23. The number of aromatic nitrogens is 1. The van der Waals surface area contributed by atoms with Gasteiger partial charge in [0.25, 0.3) is 0 Å². The van der Waals surface area contributed by atoms with Crippen molar-refractivity contribution in [3.8, 4) is 0 Å². The molecule has 4 heteroatoms. The van der Waals surface area contributed by atoms with Gasteiger partial charge in [-0.15, -0.1) is 0 Å². The Bertz CT molecular complexity index is 307. The molecule has 1 aliphatic rings. The van der Waals surface area contributed by atoms with Gasteiger partial charge >= 0.3 is 0 Å². The third-order valence-corrected chi connectivity index (χ3v) is 2.85. The van der Waals surface area contributed by atoms with E-state index in [2.05, 4.69) is 15.6 Å². The monoisotopic (exact) mass is 206 g/mol. The lowest BCUT2D eigenvalue weighted by atomic mass is 10.1. The highest BCUT2D eigenvalue weighted by molar-refractivity contribution is 5.38. The molecule has 0 bridgehead atoms. The van der Waals surface area contributed by atoms with Crippen LogP contribution in [0.5, 0.6) is 0 Å². The maximum Gasteiger partial charge on any atom is 0.127 e. The zero-order valence-electron chi connectivity index (χ0n) is 8.87. The van der Waals surface area contributed by atoms with E-state index in [1.807, 2.05) is 12.1 Å². The second-order valence-electron chi connectivity index (χ2n) is 3.95. The van der Waals surface area contributed by atoms with Gasteiger partial charge in [0.1, 0.15) is 5.82 Å². The van der Waals surface area contributed by atoms with Crippen LogP contribution in [0.3, 0.4) is 0 Å². The van der Waals surface area contributed by atoms with E-state index in [0.29, 0.717) is 11.9 Å². The van der Waals surface area contributed by atoms with Gasteiger partial charge < -0.3 is 16.4 Å². The topological polar surface area (TPSA) is 63.0 Å². The summed E-state index contributed by atoms with van der Waals surface area (Å²) in [5.41, 5.74) is 6.87. The molecule has 82 valence electrons. The number of nitrogen functional groups attached to an aromatic ring is 1. The van der Waals surface area contributed by atoms with Gasteiger partial charge in [-0.1, -0.05) is 6.07 Å². The number of hydrogen-bond donors (Lipinski definition) is 3. The predicted octanol–water partition coefficient (Wildman–Crippen LogP) is 0.505. The highest BCUT2D eigenvalue weighted by atomic mass is 15.0. The number of nitrogens with two attached hydrogens (primary N) is 1. The van der Waals surface area contributed by atoms with E-state index in [9.17, 15) is 0 Å². The zero-order chi connectivity index (χ0) is 10.5. The number of piperidine rings is 1. The number of hydrogen-bond acceptors (Lipinski definition) is 4. The van der Waals surface area contributed by atoms with E-state index in [4.69, 9.17) is 5.73 Å². The second kappa shape index (κ2) is 5.09. The molecule has 0 amide bonds. The average molecular weight is 206 g/mol. The Kier molecular flexibility index (Phi) is 3.53. The van der Waals surface area contributed by atoms with E-state index in [0.717, 1.165) is 25.2 Å². The number of nitrogens with zero attached hydrogens (tertiary/aromatic N) is 1. The van der Waals surface area contributed by atoms with Crippen molar-refractivity contribution in [1.82, 2.24) is 15.6 Å². The molecule has 0 saturated carbocycles. The smallest absolute Gasteiger partial charge is 0.127 e. The van der Waals surface area contributed by atoms with Crippen LogP contribution < -0.4 is 16.4 Å². The Morgan fingerprint density at radius 1 is 1.47 bits per heavy atom. The Labute approximate surface area is 90.3 Å². The summed E-state index contributed by atoms with van der Waals surface area (Å²) in [6.45, 7) is 3.05. The number of pyridine rings is 1. The summed E-state index contributed by atoms with van der Waals surface area (Å²) in [7, 11) is 0. The van der Waals surface area contributed by atoms with Gasteiger partial charge in [-0.3, -0.25) is 0 Å². The van der Waals surface area contributed by atoms with Crippen LogP contribution in [0, 0.1) is 0 Å². The van der Waals surface area contributed by atoms with Crippen molar-refractivity contribution < 1.29 is 0 Å². The van der Waals surface area contributed by atoms with E-state index >= 15 is 0 Å². The molecule has 1 saturated heterocycles. The summed E-state index contributed by atoms with van der Waals surface area (Å²) in [6, 6.07) is 4.57. The standard InChI is InChI=1S/C11H18N4/c12-11-9(2-1-5-14-11)8-15-10-3-6-13-7-4-10/h1-2,5,10,13,15H,3-4,6-8H2,(H2,12,14). The number of nitrogens with one attached hydrogen (secondary N) is 2. The molecule has 1 aromatic heterocycles. The largest absolute Gasteiger partial charge is 0.383 e. The molecule has 0 spiro atoms. The van der Waals surface area contributed by atoms with Gasteiger partial charge in [0.05, 0.1) is 0 Å². The summed E-state index contributed by atoms with van der Waals surface area (Å²) < 4.78 is 0. The Balaban J connectivity index is 1.84. The first-order valence-corrected chi connectivity index (χ1v) is 5.50. The van der Waals surface area contributed by atoms with Crippen molar-refractivity contribution in [1.29, 1.82) is 0 Å². The first-order valence-electron chi connectivity index (χ1n) is 5.50. The molecule has 4 nitrogen and oxygen atoms in total. The van der Waals surface area contributed by atoms with Crippen molar-refractivity contribution in [3.63, 3.8) is 0 Å². The van der Waals surface area contributed by atoms with Crippen molar-refractivity contribution in [3.05, 3.63) is 23.9 Å². The molecule has 4 N–H and O–H groups in total. The fourth-order valence-electron chi connectivity index (χ4n) is 1.88. The van der Waals surface area contributed by atoms with Gasteiger partial charge in [0.2, 0.25) is 0 Å². The maximum atomic E-state index is 5.77. The minimum Gasteiger partial charge on any atom is -0.383 e. The first-order chi connectivity index (χ1) is 7.36. The molecule has 0 aromatic carbocycles. The first kappa shape index (κ1) is 10.4. The highest BCUT2D eigenvalue weighted by Gasteiger charge is 2.12. The van der Waals surface area contributed by atoms with Crippen LogP contribution in [0.25, 0.3) is 0 Å². The Morgan fingerprint density at radius 2 is 2.27 bits per heavy atom. The summed E-state index contributed by atoms with van der Waals surface area (Å²) in [5.74, 6) is 0.638. The molecule has 2 rings (SSSR count). The minimum absolute atomic E-state index is 0.617. The van der Waals surface area contributed by atoms with Crippen molar-refractivity contribution in [2.75, 3.05) is 18.8 Å². The van der Waals surface area contributed by atoms with Crippen LogP contribution in [0.4, 0.5) is 5.82 Å². The van der Waals surface area contributed by atoms with E-state index in [1.165, 1.54) is 12.8 Å². The second-order valence-corrected chi connectivity index (χ2v) is 3.95. The zero-order valence-corrected chi connectivity index (χ0v) is 8.87. The van der Waals surface area contributed by atoms with Crippen LogP contribution in [-0.4, -0.2) is 24.1 Å². The van der Waals surface area contributed by atoms with Crippen molar-refractivity contribution >= 4 is 5.82 Å². The SMILES string of the molecule is Nc1ncccc1CNC1CCNCC1. The lowest BCUT2D eigenvalue weighted by molar-refractivity contribution is 0.386.